The summed E-state index contributed by atoms with van der Waals surface area (Å²) in [4.78, 5) is 15.8. The summed E-state index contributed by atoms with van der Waals surface area (Å²) in [5.74, 6) is 1.80. The van der Waals surface area contributed by atoms with Gasteiger partial charge in [-0.05, 0) is 19.4 Å². The number of fused-ring (bicyclic) bond motifs is 2. The van der Waals surface area contributed by atoms with Crippen molar-refractivity contribution in [3.63, 3.8) is 0 Å². The molecule has 1 atom stereocenters. The number of nitrogens with zero attached hydrogens (tertiary/aromatic N) is 4. The number of hydrogen-bond acceptors (Lipinski definition) is 5. The van der Waals surface area contributed by atoms with Crippen LogP contribution < -0.4 is 5.32 Å². The lowest BCUT2D eigenvalue weighted by molar-refractivity contribution is 0.669. The van der Waals surface area contributed by atoms with Gasteiger partial charge in [-0.2, -0.15) is 0 Å². The zero-order chi connectivity index (χ0) is 14.4. The third kappa shape index (κ3) is 2.19. The first-order valence-corrected chi connectivity index (χ1v) is 8.07. The van der Waals surface area contributed by atoms with Gasteiger partial charge in [-0.3, -0.25) is 0 Å². The van der Waals surface area contributed by atoms with Crippen molar-refractivity contribution in [2.24, 2.45) is 0 Å². The number of imidazole rings is 1. The van der Waals surface area contributed by atoms with E-state index in [1.807, 2.05) is 19.4 Å². The molecule has 5 nitrogen and oxygen atoms in total. The van der Waals surface area contributed by atoms with Gasteiger partial charge >= 0.3 is 0 Å². The van der Waals surface area contributed by atoms with Crippen LogP contribution in [0.2, 0.25) is 0 Å². The number of thiophene rings is 1. The van der Waals surface area contributed by atoms with E-state index < -0.39 is 0 Å². The summed E-state index contributed by atoms with van der Waals surface area (Å²) in [6, 6.07) is 2.60. The second-order valence-corrected chi connectivity index (χ2v) is 6.60. The molecule has 3 aromatic rings. The quantitative estimate of drug-likeness (QED) is 0.808. The number of anilines is 1. The first-order valence-electron chi connectivity index (χ1n) is 7.25. The van der Waals surface area contributed by atoms with Crippen molar-refractivity contribution in [3.05, 3.63) is 35.0 Å². The molecule has 0 aliphatic carbocycles. The predicted octanol–water partition coefficient (Wildman–Crippen LogP) is 2.80. The van der Waals surface area contributed by atoms with E-state index in [1.165, 1.54) is 10.6 Å². The molecule has 1 N–H and O–H groups in total. The lowest BCUT2D eigenvalue weighted by atomic mass is 10.2. The number of rotatable bonds is 3. The van der Waals surface area contributed by atoms with Crippen LogP contribution >= 0.6 is 11.3 Å². The number of aryl methyl sites for hydroxylation is 2. The minimum atomic E-state index is 0.380. The summed E-state index contributed by atoms with van der Waals surface area (Å²) in [5.41, 5.74) is 1.29. The van der Waals surface area contributed by atoms with Gasteiger partial charge in [-0.1, -0.05) is 6.92 Å². The fraction of sp³-hybridized carbons (Fsp3) is 0.400. The number of nitrogens with one attached hydrogen (secondary N) is 1. The monoisotopic (exact) mass is 299 g/mol. The molecule has 4 rings (SSSR count). The van der Waals surface area contributed by atoms with E-state index in [0.717, 1.165) is 41.2 Å². The molecule has 1 aliphatic rings. The van der Waals surface area contributed by atoms with Crippen molar-refractivity contribution in [2.45, 2.75) is 39.3 Å². The fourth-order valence-corrected chi connectivity index (χ4v) is 3.90. The first kappa shape index (κ1) is 12.8. The van der Waals surface area contributed by atoms with Gasteiger partial charge in [0.2, 0.25) is 0 Å². The van der Waals surface area contributed by atoms with Crippen molar-refractivity contribution >= 4 is 27.4 Å². The predicted molar refractivity (Wildman–Crippen MR) is 84.9 cm³/mol. The van der Waals surface area contributed by atoms with E-state index in [0.29, 0.717) is 6.04 Å². The second kappa shape index (κ2) is 4.80. The molecule has 108 valence electrons. The van der Waals surface area contributed by atoms with Crippen molar-refractivity contribution in [2.75, 3.05) is 5.32 Å². The summed E-state index contributed by atoms with van der Waals surface area (Å²) in [6.07, 6.45) is 5.88. The molecule has 6 heteroatoms. The van der Waals surface area contributed by atoms with Gasteiger partial charge in [-0.25, -0.2) is 15.0 Å². The van der Waals surface area contributed by atoms with Gasteiger partial charge in [-0.15, -0.1) is 11.3 Å². The lowest BCUT2D eigenvalue weighted by Crippen LogP contribution is -2.22. The summed E-state index contributed by atoms with van der Waals surface area (Å²) >= 11 is 1.77. The summed E-state index contributed by atoms with van der Waals surface area (Å²) in [6.45, 7) is 5.08. The second-order valence-electron chi connectivity index (χ2n) is 5.49. The molecule has 3 aromatic heterocycles. The van der Waals surface area contributed by atoms with Crippen LogP contribution in [0.4, 0.5) is 5.82 Å². The average molecular weight is 299 g/mol. The highest BCUT2D eigenvalue weighted by Crippen LogP contribution is 2.30. The molecule has 1 aliphatic heterocycles. The van der Waals surface area contributed by atoms with E-state index in [-0.39, 0.29) is 0 Å². The molecule has 0 spiro atoms. The molecule has 0 amide bonds. The van der Waals surface area contributed by atoms with Crippen LogP contribution in [0.1, 0.15) is 23.3 Å². The number of hydrogen-bond donors (Lipinski definition) is 1. The highest BCUT2D eigenvalue weighted by molar-refractivity contribution is 7.18. The van der Waals surface area contributed by atoms with E-state index in [4.69, 9.17) is 0 Å². The Balaban J connectivity index is 1.67. The van der Waals surface area contributed by atoms with Crippen LogP contribution in [0, 0.1) is 6.92 Å². The molecule has 0 bridgehead atoms. The molecule has 1 unspecified atom stereocenters. The minimum Gasteiger partial charge on any atom is -0.364 e. The molecule has 21 heavy (non-hydrogen) atoms. The third-order valence-corrected chi connectivity index (χ3v) is 5.09. The van der Waals surface area contributed by atoms with Crippen LogP contribution in [0.5, 0.6) is 0 Å². The van der Waals surface area contributed by atoms with Gasteiger partial charge < -0.3 is 9.88 Å². The Kier molecular flexibility index (Phi) is 2.92. The number of aromatic nitrogens is 4. The lowest BCUT2D eigenvalue weighted by Gasteiger charge is -2.13. The van der Waals surface area contributed by atoms with Crippen molar-refractivity contribution in [1.29, 1.82) is 0 Å². The Bertz CT molecular complexity index is 783. The molecular weight excluding hydrogens is 282 g/mol. The van der Waals surface area contributed by atoms with Crippen molar-refractivity contribution < 1.29 is 0 Å². The van der Waals surface area contributed by atoms with E-state index in [1.54, 1.807) is 11.3 Å². The standard InChI is InChI=1S/C15H17N5S/c1-3-12-5-13-14(17-9(2)18-15(13)21-12)19-10-4-11-6-16-8-20(11)7-10/h5-6,8,10H,3-4,7H2,1-2H3,(H,17,18,19). The molecule has 0 saturated heterocycles. The third-order valence-electron chi connectivity index (χ3n) is 3.92. The summed E-state index contributed by atoms with van der Waals surface area (Å²) < 4.78 is 2.20. The van der Waals surface area contributed by atoms with Gasteiger partial charge in [0.15, 0.2) is 0 Å². The Hall–Kier alpha value is -1.95. The van der Waals surface area contributed by atoms with Crippen LogP contribution in [0.25, 0.3) is 10.2 Å². The average Bonchev–Trinajstić information content (AvgIpc) is 3.11. The Morgan fingerprint density at radius 1 is 1.43 bits per heavy atom. The Morgan fingerprint density at radius 2 is 2.33 bits per heavy atom. The van der Waals surface area contributed by atoms with Crippen LogP contribution in [0.3, 0.4) is 0 Å². The Morgan fingerprint density at radius 3 is 3.14 bits per heavy atom. The zero-order valence-corrected chi connectivity index (χ0v) is 12.9. The molecule has 0 saturated carbocycles. The largest absolute Gasteiger partial charge is 0.364 e. The van der Waals surface area contributed by atoms with E-state index in [2.05, 4.69) is 37.8 Å². The maximum atomic E-state index is 4.62. The summed E-state index contributed by atoms with van der Waals surface area (Å²) in [5, 5.41) is 4.75. The van der Waals surface area contributed by atoms with Crippen LogP contribution in [-0.4, -0.2) is 25.6 Å². The van der Waals surface area contributed by atoms with Crippen molar-refractivity contribution in [1.82, 2.24) is 19.5 Å². The van der Waals surface area contributed by atoms with Gasteiger partial charge in [0, 0.05) is 29.7 Å². The molecule has 0 radical (unpaired) electrons. The van der Waals surface area contributed by atoms with Crippen LogP contribution in [0.15, 0.2) is 18.6 Å². The Labute approximate surface area is 127 Å². The van der Waals surface area contributed by atoms with Crippen molar-refractivity contribution in [3.8, 4) is 0 Å². The fourth-order valence-electron chi connectivity index (χ4n) is 2.89. The van der Waals surface area contributed by atoms with Gasteiger partial charge in [0.1, 0.15) is 16.5 Å². The normalized spacial score (nSPS) is 17.3. The molecule has 0 fully saturated rings. The maximum Gasteiger partial charge on any atom is 0.138 e. The smallest absolute Gasteiger partial charge is 0.138 e. The van der Waals surface area contributed by atoms with E-state index in [9.17, 15) is 0 Å². The van der Waals surface area contributed by atoms with E-state index >= 15 is 0 Å². The molecular formula is C15H17N5S. The highest BCUT2D eigenvalue weighted by atomic mass is 32.1. The van der Waals surface area contributed by atoms with Crippen LogP contribution in [-0.2, 0) is 19.4 Å². The minimum absolute atomic E-state index is 0.380. The highest BCUT2D eigenvalue weighted by Gasteiger charge is 2.22. The maximum absolute atomic E-state index is 4.62. The van der Waals surface area contributed by atoms with Gasteiger partial charge in [0.25, 0.3) is 0 Å². The SMILES string of the molecule is CCc1cc2c(NC3Cc4cncn4C3)nc(C)nc2s1. The van der Waals surface area contributed by atoms with Gasteiger partial charge in [0.05, 0.1) is 17.8 Å². The zero-order valence-electron chi connectivity index (χ0n) is 12.1. The molecule has 4 heterocycles. The first-order chi connectivity index (χ1) is 10.2. The molecule has 0 aromatic carbocycles. The topological polar surface area (TPSA) is 55.6 Å². The summed E-state index contributed by atoms with van der Waals surface area (Å²) in [7, 11) is 0.